The summed E-state index contributed by atoms with van der Waals surface area (Å²) in [6.45, 7) is 1.76. The first kappa shape index (κ1) is 14.4. The Bertz CT molecular complexity index is 437. The van der Waals surface area contributed by atoms with Gasteiger partial charge in [-0.1, -0.05) is 6.07 Å². The topological polar surface area (TPSA) is 84.2 Å². The Hall–Kier alpha value is -1.69. The molecule has 1 rings (SSSR count). The minimum Gasteiger partial charge on any atom is -0.399 e. The van der Waals surface area contributed by atoms with Gasteiger partial charge < -0.3 is 16.4 Å². The van der Waals surface area contributed by atoms with Crippen LogP contribution in [-0.2, 0) is 9.59 Å². The summed E-state index contributed by atoms with van der Waals surface area (Å²) in [5, 5.41) is 4.96. The summed E-state index contributed by atoms with van der Waals surface area (Å²) < 4.78 is 0. The second-order valence-corrected chi connectivity index (χ2v) is 5.07. The van der Waals surface area contributed by atoms with Gasteiger partial charge >= 0.3 is 0 Å². The third-order valence-electron chi connectivity index (χ3n) is 2.27. The Labute approximate surface area is 111 Å². The summed E-state index contributed by atoms with van der Waals surface area (Å²) in [7, 11) is 1.57. The Kier molecular flexibility index (Phi) is 5.51. The number of benzene rings is 1. The summed E-state index contributed by atoms with van der Waals surface area (Å²) >= 11 is 1.29. The minimum absolute atomic E-state index is 0.0939. The molecule has 1 aromatic rings. The molecule has 5 nitrogen and oxygen atoms in total. The van der Waals surface area contributed by atoms with Gasteiger partial charge in [0.15, 0.2) is 0 Å². The van der Waals surface area contributed by atoms with Gasteiger partial charge in [0.25, 0.3) is 0 Å². The Morgan fingerprint density at radius 2 is 2.17 bits per heavy atom. The number of rotatable bonds is 5. The van der Waals surface area contributed by atoms with Crippen molar-refractivity contribution in [2.75, 3.05) is 23.9 Å². The number of carbonyl (C=O) groups excluding carboxylic acids is 2. The molecule has 6 heteroatoms. The van der Waals surface area contributed by atoms with E-state index in [0.717, 1.165) is 0 Å². The molecule has 1 aromatic carbocycles. The van der Waals surface area contributed by atoms with Crippen LogP contribution in [0.15, 0.2) is 24.3 Å². The van der Waals surface area contributed by atoms with Gasteiger partial charge in [-0.15, -0.1) is 11.8 Å². The van der Waals surface area contributed by atoms with Gasteiger partial charge in [-0.05, 0) is 25.1 Å². The van der Waals surface area contributed by atoms with Crippen molar-refractivity contribution >= 4 is 35.0 Å². The van der Waals surface area contributed by atoms with Gasteiger partial charge in [0.05, 0.1) is 11.0 Å². The SMILES string of the molecule is CNC(=O)CSC(C)C(=O)Nc1cccc(N)c1. The fourth-order valence-corrected chi connectivity index (χ4v) is 1.96. The zero-order chi connectivity index (χ0) is 13.5. The Balaban J connectivity index is 2.47. The predicted octanol–water partition coefficient (Wildman–Crippen LogP) is 1.07. The molecule has 0 saturated carbocycles. The quantitative estimate of drug-likeness (QED) is 0.697. The van der Waals surface area contributed by atoms with E-state index in [2.05, 4.69) is 10.6 Å². The first-order chi connectivity index (χ1) is 8.52. The van der Waals surface area contributed by atoms with Crippen molar-refractivity contribution in [3.05, 3.63) is 24.3 Å². The van der Waals surface area contributed by atoms with Crippen molar-refractivity contribution in [2.24, 2.45) is 0 Å². The maximum absolute atomic E-state index is 11.8. The van der Waals surface area contributed by atoms with Gasteiger partial charge in [0.2, 0.25) is 11.8 Å². The Morgan fingerprint density at radius 3 is 2.78 bits per heavy atom. The average Bonchev–Trinajstić information content (AvgIpc) is 2.35. The van der Waals surface area contributed by atoms with E-state index in [0.29, 0.717) is 11.4 Å². The van der Waals surface area contributed by atoms with E-state index in [1.54, 1.807) is 38.2 Å². The van der Waals surface area contributed by atoms with E-state index in [1.807, 2.05) is 0 Å². The number of nitrogens with two attached hydrogens (primary N) is 1. The molecule has 2 amide bonds. The van der Waals surface area contributed by atoms with Crippen LogP contribution in [0.25, 0.3) is 0 Å². The molecule has 1 unspecified atom stereocenters. The minimum atomic E-state index is -0.302. The summed E-state index contributed by atoms with van der Waals surface area (Å²) in [4.78, 5) is 22.9. The molecule has 0 saturated heterocycles. The number of amides is 2. The number of nitrogen functional groups attached to an aromatic ring is 1. The number of nitrogens with one attached hydrogen (secondary N) is 2. The van der Waals surface area contributed by atoms with Gasteiger partial charge in [0.1, 0.15) is 0 Å². The third kappa shape index (κ3) is 4.67. The molecule has 0 spiro atoms. The van der Waals surface area contributed by atoms with Crippen molar-refractivity contribution in [2.45, 2.75) is 12.2 Å². The summed E-state index contributed by atoms with van der Waals surface area (Å²) in [5.41, 5.74) is 6.87. The van der Waals surface area contributed by atoms with Crippen LogP contribution in [0.1, 0.15) is 6.92 Å². The highest BCUT2D eigenvalue weighted by atomic mass is 32.2. The van der Waals surface area contributed by atoms with Crippen LogP contribution in [0.5, 0.6) is 0 Å². The fraction of sp³-hybridized carbons (Fsp3) is 0.333. The van der Waals surface area contributed by atoms with Crippen molar-refractivity contribution in [3.8, 4) is 0 Å². The van der Waals surface area contributed by atoms with Crippen LogP contribution in [0.3, 0.4) is 0 Å². The van der Waals surface area contributed by atoms with Crippen molar-refractivity contribution in [1.82, 2.24) is 5.32 Å². The maximum Gasteiger partial charge on any atom is 0.237 e. The number of carbonyl (C=O) groups is 2. The van der Waals surface area contributed by atoms with E-state index in [1.165, 1.54) is 11.8 Å². The molecule has 1 atom stereocenters. The van der Waals surface area contributed by atoms with Crippen LogP contribution in [0, 0.1) is 0 Å². The lowest BCUT2D eigenvalue weighted by Crippen LogP contribution is -2.26. The monoisotopic (exact) mass is 267 g/mol. The predicted molar refractivity (Wildman–Crippen MR) is 75.5 cm³/mol. The van der Waals surface area contributed by atoms with Crippen molar-refractivity contribution in [3.63, 3.8) is 0 Å². The lowest BCUT2D eigenvalue weighted by Gasteiger charge is -2.11. The van der Waals surface area contributed by atoms with Gasteiger partial charge in [0, 0.05) is 18.4 Å². The molecule has 4 N–H and O–H groups in total. The van der Waals surface area contributed by atoms with Crippen molar-refractivity contribution in [1.29, 1.82) is 0 Å². The molecule has 0 aliphatic heterocycles. The number of hydrogen-bond donors (Lipinski definition) is 3. The highest BCUT2D eigenvalue weighted by Crippen LogP contribution is 2.15. The number of anilines is 2. The Morgan fingerprint density at radius 1 is 1.44 bits per heavy atom. The highest BCUT2D eigenvalue weighted by Gasteiger charge is 2.14. The largest absolute Gasteiger partial charge is 0.399 e. The molecule has 0 aromatic heterocycles. The fourth-order valence-electron chi connectivity index (χ4n) is 1.21. The van der Waals surface area contributed by atoms with E-state index in [9.17, 15) is 9.59 Å². The molecule has 18 heavy (non-hydrogen) atoms. The lowest BCUT2D eigenvalue weighted by molar-refractivity contribution is -0.118. The smallest absolute Gasteiger partial charge is 0.237 e. The van der Waals surface area contributed by atoms with Gasteiger partial charge in [-0.3, -0.25) is 9.59 Å². The van der Waals surface area contributed by atoms with Gasteiger partial charge in [-0.25, -0.2) is 0 Å². The normalized spacial score (nSPS) is 11.7. The van der Waals surface area contributed by atoms with Crippen LogP contribution in [-0.4, -0.2) is 29.9 Å². The molecule has 98 valence electrons. The summed E-state index contributed by atoms with van der Waals surface area (Å²) in [6.07, 6.45) is 0. The third-order valence-corrected chi connectivity index (χ3v) is 3.41. The summed E-state index contributed by atoms with van der Waals surface area (Å²) in [5.74, 6) is 0.0280. The zero-order valence-corrected chi connectivity index (χ0v) is 11.2. The number of thioether (sulfide) groups is 1. The van der Waals surface area contributed by atoms with E-state index in [-0.39, 0.29) is 22.8 Å². The van der Waals surface area contributed by atoms with E-state index >= 15 is 0 Å². The molecule has 0 aliphatic rings. The van der Waals surface area contributed by atoms with Crippen LogP contribution < -0.4 is 16.4 Å². The molecular formula is C12H17N3O2S. The van der Waals surface area contributed by atoms with E-state index in [4.69, 9.17) is 5.73 Å². The van der Waals surface area contributed by atoms with Crippen LogP contribution >= 0.6 is 11.8 Å². The van der Waals surface area contributed by atoms with Crippen LogP contribution in [0.4, 0.5) is 11.4 Å². The number of hydrogen-bond acceptors (Lipinski definition) is 4. The van der Waals surface area contributed by atoms with Gasteiger partial charge in [-0.2, -0.15) is 0 Å². The molecule has 0 bridgehead atoms. The molecule has 0 heterocycles. The average molecular weight is 267 g/mol. The molecular weight excluding hydrogens is 250 g/mol. The summed E-state index contributed by atoms with van der Waals surface area (Å²) in [6, 6.07) is 6.98. The van der Waals surface area contributed by atoms with Crippen molar-refractivity contribution < 1.29 is 9.59 Å². The first-order valence-electron chi connectivity index (χ1n) is 5.51. The maximum atomic E-state index is 11.8. The molecule has 0 aliphatic carbocycles. The zero-order valence-electron chi connectivity index (χ0n) is 10.4. The second kappa shape index (κ2) is 6.90. The molecule has 0 fully saturated rings. The second-order valence-electron chi connectivity index (χ2n) is 3.74. The lowest BCUT2D eigenvalue weighted by atomic mass is 10.3. The first-order valence-corrected chi connectivity index (χ1v) is 6.56. The van der Waals surface area contributed by atoms with Crippen LogP contribution in [0.2, 0.25) is 0 Å². The molecule has 0 radical (unpaired) electrons. The van der Waals surface area contributed by atoms with E-state index < -0.39 is 0 Å². The standard InChI is InChI=1S/C12H17N3O2S/c1-8(18-7-11(16)14-2)12(17)15-10-5-3-4-9(13)6-10/h3-6,8H,7,13H2,1-2H3,(H,14,16)(H,15,17). The highest BCUT2D eigenvalue weighted by molar-refractivity contribution is 8.01.